The zero-order valence-electron chi connectivity index (χ0n) is 22.0. The lowest BCUT2D eigenvalue weighted by molar-refractivity contribution is 0.948. The van der Waals surface area contributed by atoms with Crippen LogP contribution in [0.5, 0.6) is 0 Å². The van der Waals surface area contributed by atoms with E-state index in [1.165, 1.54) is 54.9 Å². The summed E-state index contributed by atoms with van der Waals surface area (Å²) in [6, 6.07) is 34.1. The van der Waals surface area contributed by atoms with Crippen molar-refractivity contribution < 1.29 is 0 Å². The normalized spacial score (nSPS) is 11.0. The Labute approximate surface area is 225 Å². The van der Waals surface area contributed by atoms with E-state index in [0.717, 1.165) is 12.8 Å². The summed E-state index contributed by atoms with van der Waals surface area (Å²) < 4.78 is 0. The molecule has 0 aliphatic rings. The molecule has 186 valence electrons. The Kier molecular flexibility index (Phi) is 8.01. The molecular formula is C36H32N2. The molecule has 0 bridgehead atoms. The molecule has 0 atom stereocenters. The van der Waals surface area contributed by atoms with Gasteiger partial charge in [0.1, 0.15) is 0 Å². The molecule has 4 aromatic carbocycles. The van der Waals surface area contributed by atoms with E-state index < -0.39 is 0 Å². The molecule has 0 saturated heterocycles. The molecule has 0 amide bonds. The molecule has 0 aliphatic heterocycles. The molecule has 0 saturated carbocycles. The molecule has 0 spiro atoms. The van der Waals surface area contributed by atoms with Crippen molar-refractivity contribution in [2.75, 3.05) is 0 Å². The predicted octanol–water partition coefficient (Wildman–Crippen LogP) is 9.04. The Morgan fingerprint density at radius 3 is 1.79 bits per heavy atom. The van der Waals surface area contributed by atoms with Crippen molar-refractivity contribution in [2.24, 2.45) is 0 Å². The minimum absolute atomic E-state index is 1.07. The first kappa shape index (κ1) is 25.1. The van der Waals surface area contributed by atoms with E-state index in [-0.39, 0.29) is 0 Å². The van der Waals surface area contributed by atoms with E-state index in [2.05, 4.69) is 121 Å². The van der Waals surface area contributed by atoms with Crippen molar-refractivity contribution in [1.29, 1.82) is 0 Å². The number of aryl methyl sites for hydroxylation is 4. The Morgan fingerprint density at radius 1 is 0.526 bits per heavy atom. The first-order valence-corrected chi connectivity index (χ1v) is 13.1. The van der Waals surface area contributed by atoms with Crippen molar-refractivity contribution in [3.63, 3.8) is 0 Å². The van der Waals surface area contributed by atoms with Gasteiger partial charge in [0.15, 0.2) is 0 Å². The van der Waals surface area contributed by atoms with Crippen molar-refractivity contribution in [3.05, 3.63) is 155 Å². The molecule has 0 radical (unpaired) electrons. The molecule has 2 aromatic heterocycles. The first-order valence-electron chi connectivity index (χ1n) is 13.1. The lowest BCUT2D eigenvalue weighted by atomic mass is 9.96. The number of hydrogen-bond donors (Lipinski definition) is 0. The highest BCUT2D eigenvalue weighted by molar-refractivity contribution is 5.90. The number of pyridine rings is 2. The summed E-state index contributed by atoms with van der Waals surface area (Å²) in [4.78, 5) is 8.08. The van der Waals surface area contributed by atoms with Crippen LogP contribution in [0.2, 0.25) is 0 Å². The second-order valence-corrected chi connectivity index (χ2v) is 9.54. The zero-order valence-corrected chi connectivity index (χ0v) is 22.0. The molecule has 0 aliphatic carbocycles. The third kappa shape index (κ3) is 6.04. The maximum Gasteiger partial charge on any atom is 0.0273 e. The standard InChI is InChI=1S/C18H17N.C18H15N/c2*1-14-16(7-6-15-10-12-19-13-11-15)8-9-17-4-2-3-5-18(14)17/h2-5,8-13H,6-7H2,1H3;2-13H,1H3/b;7-6+. The summed E-state index contributed by atoms with van der Waals surface area (Å²) >= 11 is 0. The summed E-state index contributed by atoms with van der Waals surface area (Å²) in [7, 11) is 0. The Morgan fingerprint density at radius 2 is 1.11 bits per heavy atom. The molecule has 2 heterocycles. The number of rotatable bonds is 5. The fraction of sp³-hybridized carbons (Fsp3) is 0.111. The fourth-order valence-corrected chi connectivity index (χ4v) is 4.86. The smallest absolute Gasteiger partial charge is 0.0273 e. The molecule has 2 nitrogen and oxygen atoms in total. The van der Waals surface area contributed by atoms with Gasteiger partial charge in [0, 0.05) is 24.8 Å². The van der Waals surface area contributed by atoms with Gasteiger partial charge in [-0.15, -0.1) is 0 Å². The van der Waals surface area contributed by atoms with Gasteiger partial charge in [-0.2, -0.15) is 0 Å². The largest absolute Gasteiger partial charge is 0.265 e. The van der Waals surface area contributed by atoms with Gasteiger partial charge in [-0.05, 0) is 106 Å². The van der Waals surface area contributed by atoms with E-state index in [9.17, 15) is 0 Å². The highest BCUT2D eigenvalue weighted by atomic mass is 14.6. The Balaban J connectivity index is 0.000000155. The van der Waals surface area contributed by atoms with Gasteiger partial charge in [0.2, 0.25) is 0 Å². The van der Waals surface area contributed by atoms with Crippen molar-refractivity contribution in [1.82, 2.24) is 9.97 Å². The molecule has 2 heteroatoms. The van der Waals surface area contributed by atoms with Gasteiger partial charge in [-0.25, -0.2) is 0 Å². The van der Waals surface area contributed by atoms with Crippen LogP contribution < -0.4 is 0 Å². The molecular weight excluding hydrogens is 460 g/mol. The van der Waals surface area contributed by atoms with Crippen LogP contribution in [-0.4, -0.2) is 9.97 Å². The number of hydrogen-bond acceptors (Lipinski definition) is 2. The number of nitrogens with zero attached hydrogens (tertiary/aromatic N) is 2. The summed E-state index contributed by atoms with van der Waals surface area (Å²) in [6.07, 6.45) is 13.8. The summed E-state index contributed by atoms with van der Waals surface area (Å²) in [5.41, 5.74) is 7.95. The van der Waals surface area contributed by atoms with Gasteiger partial charge >= 0.3 is 0 Å². The van der Waals surface area contributed by atoms with Crippen LogP contribution in [0.1, 0.15) is 33.4 Å². The van der Waals surface area contributed by atoms with Crippen LogP contribution >= 0.6 is 0 Å². The van der Waals surface area contributed by atoms with Gasteiger partial charge in [-0.1, -0.05) is 84.9 Å². The fourth-order valence-electron chi connectivity index (χ4n) is 4.86. The van der Waals surface area contributed by atoms with Gasteiger partial charge < -0.3 is 0 Å². The number of aromatic nitrogens is 2. The average molecular weight is 493 g/mol. The quantitative estimate of drug-likeness (QED) is 0.240. The van der Waals surface area contributed by atoms with E-state index in [4.69, 9.17) is 0 Å². The van der Waals surface area contributed by atoms with E-state index in [1.807, 2.05) is 36.9 Å². The zero-order chi connectivity index (χ0) is 26.2. The highest BCUT2D eigenvalue weighted by Gasteiger charge is 2.04. The summed E-state index contributed by atoms with van der Waals surface area (Å²) in [6.45, 7) is 4.40. The minimum Gasteiger partial charge on any atom is -0.265 e. The SMILES string of the molecule is Cc1c(/C=C/c2ccncc2)ccc2ccccc12.Cc1c(CCc2ccncc2)ccc2ccccc12. The average Bonchev–Trinajstić information content (AvgIpc) is 2.98. The summed E-state index contributed by atoms with van der Waals surface area (Å²) in [5.74, 6) is 0. The second kappa shape index (κ2) is 12.1. The lowest BCUT2D eigenvalue weighted by Crippen LogP contribution is -1.95. The minimum atomic E-state index is 1.07. The van der Waals surface area contributed by atoms with Crippen LogP contribution in [0.15, 0.2) is 122 Å². The van der Waals surface area contributed by atoms with Crippen LogP contribution in [0.3, 0.4) is 0 Å². The first-order chi connectivity index (χ1) is 18.7. The van der Waals surface area contributed by atoms with Crippen LogP contribution in [0.25, 0.3) is 33.7 Å². The van der Waals surface area contributed by atoms with Crippen molar-refractivity contribution in [3.8, 4) is 0 Å². The highest BCUT2D eigenvalue weighted by Crippen LogP contribution is 2.24. The third-order valence-corrected chi connectivity index (χ3v) is 7.14. The van der Waals surface area contributed by atoms with Crippen LogP contribution in [-0.2, 0) is 12.8 Å². The predicted molar refractivity (Wildman–Crippen MR) is 162 cm³/mol. The van der Waals surface area contributed by atoms with Crippen molar-refractivity contribution in [2.45, 2.75) is 26.7 Å². The van der Waals surface area contributed by atoms with Crippen LogP contribution in [0, 0.1) is 13.8 Å². The molecule has 6 rings (SSSR count). The van der Waals surface area contributed by atoms with Crippen LogP contribution in [0.4, 0.5) is 0 Å². The number of fused-ring (bicyclic) bond motifs is 2. The van der Waals surface area contributed by atoms with Crippen molar-refractivity contribution >= 4 is 33.7 Å². The number of benzene rings is 4. The van der Waals surface area contributed by atoms with E-state index in [1.54, 1.807) is 0 Å². The topological polar surface area (TPSA) is 25.8 Å². The third-order valence-electron chi connectivity index (χ3n) is 7.14. The lowest BCUT2D eigenvalue weighted by Gasteiger charge is -2.09. The molecule has 0 unspecified atom stereocenters. The maximum absolute atomic E-state index is 4.06. The molecule has 0 fully saturated rings. The van der Waals surface area contributed by atoms with E-state index in [0.29, 0.717) is 0 Å². The summed E-state index contributed by atoms with van der Waals surface area (Å²) in [5, 5.41) is 5.31. The van der Waals surface area contributed by atoms with E-state index >= 15 is 0 Å². The van der Waals surface area contributed by atoms with Gasteiger partial charge in [-0.3, -0.25) is 9.97 Å². The van der Waals surface area contributed by atoms with Gasteiger partial charge in [0.05, 0.1) is 0 Å². The van der Waals surface area contributed by atoms with Gasteiger partial charge in [0.25, 0.3) is 0 Å². The Hall–Kier alpha value is -4.56. The second-order valence-electron chi connectivity index (χ2n) is 9.54. The molecule has 38 heavy (non-hydrogen) atoms. The Bertz CT molecular complexity index is 1670. The monoisotopic (exact) mass is 492 g/mol. The molecule has 6 aromatic rings. The molecule has 0 N–H and O–H groups in total. The maximum atomic E-state index is 4.06.